The van der Waals surface area contributed by atoms with Crippen LogP contribution < -0.4 is 0 Å². The summed E-state index contributed by atoms with van der Waals surface area (Å²) in [6, 6.07) is 4.58. The monoisotopic (exact) mass is 347 g/mol. The van der Waals surface area contributed by atoms with Gasteiger partial charge >= 0.3 is 6.09 Å². The Balaban J connectivity index is 1.74. The summed E-state index contributed by atoms with van der Waals surface area (Å²) in [7, 11) is 0. The number of halogens is 2. The summed E-state index contributed by atoms with van der Waals surface area (Å²) in [4.78, 5) is 33.5. The molecule has 3 unspecified atom stereocenters. The first-order valence-electron chi connectivity index (χ1n) is 7.43. The van der Waals surface area contributed by atoms with Gasteiger partial charge < -0.3 is 9.57 Å². The van der Waals surface area contributed by atoms with Crippen LogP contribution in [0.1, 0.15) is 11.7 Å². The van der Waals surface area contributed by atoms with E-state index >= 15 is 0 Å². The van der Waals surface area contributed by atoms with Gasteiger partial charge in [0.25, 0.3) is 0 Å². The van der Waals surface area contributed by atoms with Crippen molar-refractivity contribution in [1.82, 2.24) is 9.88 Å². The number of nitrogens with zero attached hydrogens (tertiary/aromatic N) is 3. The average molecular weight is 347 g/mol. The molecule has 3 atom stereocenters. The summed E-state index contributed by atoms with van der Waals surface area (Å²) in [5, 5.41) is 3.74. The van der Waals surface area contributed by atoms with Crippen LogP contribution in [-0.4, -0.2) is 47.0 Å². The zero-order valence-corrected chi connectivity index (χ0v) is 12.6. The van der Waals surface area contributed by atoms with Gasteiger partial charge in [0.2, 0.25) is 0 Å². The molecular formula is C16H11F2N3O4. The molecular weight excluding hydrogens is 336 g/mol. The largest absolute Gasteiger partial charge is 0.446 e. The number of carbonyl (C=O) groups is 2. The molecule has 7 nitrogen and oxygen atoms in total. The quantitative estimate of drug-likeness (QED) is 0.764. The minimum atomic E-state index is -2.17. The summed E-state index contributed by atoms with van der Waals surface area (Å²) in [5.74, 6) is -1.23. The van der Waals surface area contributed by atoms with Crippen molar-refractivity contribution in [2.24, 2.45) is 5.16 Å². The fourth-order valence-electron chi connectivity index (χ4n) is 2.95. The van der Waals surface area contributed by atoms with Crippen molar-refractivity contribution in [3.63, 3.8) is 0 Å². The molecule has 0 saturated carbocycles. The number of fused-ring (bicyclic) bond motifs is 1. The van der Waals surface area contributed by atoms with Gasteiger partial charge in [0.1, 0.15) is 18.5 Å². The molecule has 3 heterocycles. The van der Waals surface area contributed by atoms with Crippen LogP contribution in [0, 0.1) is 0 Å². The molecule has 0 aromatic carbocycles. The lowest BCUT2D eigenvalue weighted by atomic mass is 9.93. The van der Waals surface area contributed by atoms with Crippen molar-refractivity contribution >= 4 is 18.2 Å². The second kappa shape index (κ2) is 5.76. The predicted octanol–water partition coefficient (Wildman–Crippen LogP) is 1.99. The fourth-order valence-corrected chi connectivity index (χ4v) is 2.95. The number of amides is 1. The van der Waals surface area contributed by atoms with Crippen molar-refractivity contribution in [2.45, 2.75) is 18.3 Å². The molecule has 25 heavy (non-hydrogen) atoms. The lowest BCUT2D eigenvalue weighted by Gasteiger charge is -2.24. The molecule has 4 rings (SSSR count). The molecule has 1 amide bonds. The van der Waals surface area contributed by atoms with Crippen LogP contribution in [0.5, 0.6) is 0 Å². The minimum absolute atomic E-state index is 0.0161. The summed E-state index contributed by atoms with van der Waals surface area (Å²) in [5.41, 5.74) is 0.208. The number of alkyl halides is 1. The van der Waals surface area contributed by atoms with Gasteiger partial charge in [0.05, 0.1) is 5.69 Å². The van der Waals surface area contributed by atoms with Gasteiger partial charge in [-0.1, -0.05) is 11.2 Å². The number of carbonyl (C=O) groups excluding carboxylic acids is 2. The van der Waals surface area contributed by atoms with E-state index in [1.165, 1.54) is 4.90 Å². The second-order valence-electron chi connectivity index (χ2n) is 5.58. The SMILES string of the molecule is O=CC1=C(F)C(F)C2ON=C(N3C(=O)OCC3c3ccccn3)C2=C1. The maximum Gasteiger partial charge on any atom is 0.416 e. The number of hydrogen-bond acceptors (Lipinski definition) is 6. The standard InChI is InChI=1S/C16H11F2N3O4/c17-12-8(6-22)5-9-14(13(12)18)25-20-15(9)21-11(7-24-16(21)23)10-3-1-2-4-19-10/h1-6,11,13-14H,7H2. The molecule has 128 valence electrons. The third-order valence-electron chi connectivity index (χ3n) is 4.17. The van der Waals surface area contributed by atoms with E-state index in [1.807, 2.05) is 0 Å². The number of cyclic esters (lactones) is 1. The van der Waals surface area contributed by atoms with E-state index in [0.717, 1.165) is 6.08 Å². The summed E-state index contributed by atoms with van der Waals surface area (Å²) in [6.45, 7) is 0.0244. The Morgan fingerprint density at radius 2 is 2.20 bits per heavy atom. The van der Waals surface area contributed by atoms with Crippen LogP contribution in [0.15, 0.2) is 52.6 Å². The number of hydrogen-bond donors (Lipinski definition) is 0. The number of rotatable bonds is 2. The third kappa shape index (κ3) is 2.31. The molecule has 9 heteroatoms. The lowest BCUT2D eigenvalue weighted by Crippen LogP contribution is -2.38. The van der Waals surface area contributed by atoms with Crippen molar-refractivity contribution in [3.05, 3.63) is 53.1 Å². The van der Waals surface area contributed by atoms with E-state index in [9.17, 15) is 18.4 Å². The normalized spacial score (nSPS) is 28.2. The van der Waals surface area contributed by atoms with Crippen molar-refractivity contribution in [3.8, 4) is 0 Å². The fraction of sp³-hybridized carbons (Fsp3) is 0.250. The molecule has 1 aliphatic carbocycles. The molecule has 1 saturated heterocycles. The molecule has 0 N–H and O–H groups in total. The Morgan fingerprint density at radius 1 is 1.36 bits per heavy atom. The highest BCUT2D eigenvalue weighted by atomic mass is 19.2. The van der Waals surface area contributed by atoms with Crippen molar-refractivity contribution < 1.29 is 27.9 Å². The Bertz CT molecular complexity index is 837. The zero-order chi connectivity index (χ0) is 17.6. The second-order valence-corrected chi connectivity index (χ2v) is 5.58. The smallest absolute Gasteiger partial charge is 0.416 e. The van der Waals surface area contributed by atoms with Gasteiger partial charge in [-0.15, -0.1) is 0 Å². The average Bonchev–Trinajstić information content (AvgIpc) is 3.22. The maximum atomic E-state index is 14.2. The number of ether oxygens (including phenoxy) is 1. The zero-order valence-electron chi connectivity index (χ0n) is 12.6. The van der Waals surface area contributed by atoms with Gasteiger partial charge in [0, 0.05) is 17.3 Å². The van der Waals surface area contributed by atoms with Crippen molar-refractivity contribution in [1.29, 1.82) is 0 Å². The Labute approximate surface area is 140 Å². The molecule has 2 aliphatic heterocycles. The molecule has 3 aliphatic rings. The van der Waals surface area contributed by atoms with Crippen LogP contribution in [-0.2, 0) is 14.4 Å². The van der Waals surface area contributed by atoms with Crippen molar-refractivity contribution in [2.75, 3.05) is 6.61 Å². The van der Waals surface area contributed by atoms with Gasteiger partial charge in [-0.3, -0.25) is 9.78 Å². The van der Waals surface area contributed by atoms with Gasteiger partial charge in [-0.25, -0.2) is 18.5 Å². The van der Waals surface area contributed by atoms with E-state index < -0.39 is 35.8 Å². The summed E-state index contributed by atoms with van der Waals surface area (Å²) in [6.07, 6.45) is -1.33. The van der Waals surface area contributed by atoms with E-state index in [4.69, 9.17) is 9.57 Å². The Kier molecular flexibility index (Phi) is 3.56. The van der Waals surface area contributed by atoms with E-state index in [0.29, 0.717) is 5.69 Å². The topological polar surface area (TPSA) is 81.1 Å². The summed E-state index contributed by atoms with van der Waals surface area (Å²) < 4.78 is 33.0. The molecule has 1 fully saturated rings. The first kappa shape index (κ1) is 15.4. The highest BCUT2D eigenvalue weighted by Crippen LogP contribution is 2.38. The number of amidine groups is 1. The van der Waals surface area contributed by atoms with Crippen LogP contribution in [0.25, 0.3) is 0 Å². The number of aromatic nitrogens is 1. The Hall–Kier alpha value is -3.10. The first-order chi connectivity index (χ1) is 12.1. The molecule has 0 radical (unpaired) electrons. The van der Waals surface area contributed by atoms with Crippen LogP contribution in [0.4, 0.5) is 13.6 Å². The lowest BCUT2D eigenvalue weighted by molar-refractivity contribution is -0.104. The van der Waals surface area contributed by atoms with Gasteiger partial charge in [-0.2, -0.15) is 0 Å². The number of oxime groups is 1. The number of allylic oxidation sites excluding steroid dienone is 2. The number of pyridine rings is 1. The van der Waals surface area contributed by atoms with Gasteiger partial charge in [0.15, 0.2) is 24.4 Å². The van der Waals surface area contributed by atoms with E-state index in [2.05, 4.69) is 10.1 Å². The number of aldehydes is 1. The van der Waals surface area contributed by atoms with Gasteiger partial charge in [-0.05, 0) is 18.2 Å². The Morgan fingerprint density at radius 3 is 2.92 bits per heavy atom. The third-order valence-corrected chi connectivity index (χ3v) is 4.17. The van der Waals surface area contributed by atoms with Crippen LogP contribution in [0.2, 0.25) is 0 Å². The highest BCUT2D eigenvalue weighted by Gasteiger charge is 2.48. The molecule has 1 aromatic heterocycles. The maximum absolute atomic E-state index is 14.2. The first-order valence-corrected chi connectivity index (χ1v) is 7.43. The molecule has 1 aromatic rings. The summed E-state index contributed by atoms with van der Waals surface area (Å²) >= 11 is 0. The predicted molar refractivity (Wildman–Crippen MR) is 79.7 cm³/mol. The van der Waals surface area contributed by atoms with E-state index in [1.54, 1.807) is 24.4 Å². The van der Waals surface area contributed by atoms with E-state index in [-0.39, 0.29) is 24.3 Å². The highest BCUT2D eigenvalue weighted by molar-refractivity contribution is 6.09. The van der Waals surface area contributed by atoms with Crippen LogP contribution >= 0.6 is 0 Å². The van der Waals surface area contributed by atoms with Crippen LogP contribution in [0.3, 0.4) is 0 Å². The minimum Gasteiger partial charge on any atom is -0.446 e. The molecule has 0 spiro atoms. The molecule has 0 bridgehead atoms.